The Bertz CT molecular complexity index is 527. The van der Waals surface area contributed by atoms with Gasteiger partial charge in [-0.2, -0.15) is 5.10 Å². The van der Waals surface area contributed by atoms with Crippen LogP contribution in [0, 0.1) is 17.8 Å². The molecular formula is C15H21N3O. The molecule has 19 heavy (non-hydrogen) atoms. The summed E-state index contributed by atoms with van der Waals surface area (Å²) < 4.78 is 1.81. The van der Waals surface area contributed by atoms with Gasteiger partial charge in [0.15, 0.2) is 0 Å². The minimum absolute atomic E-state index is 0.0109. The second-order valence-electron chi connectivity index (χ2n) is 6.92. The average molecular weight is 259 g/mol. The molecule has 0 aromatic carbocycles. The van der Waals surface area contributed by atoms with E-state index in [0.717, 1.165) is 42.7 Å². The Kier molecular flexibility index (Phi) is 2.40. The normalized spacial score (nSPS) is 39.7. The molecule has 4 aliphatic rings. The summed E-state index contributed by atoms with van der Waals surface area (Å²) in [5, 5.41) is 4.56. The lowest BCUT2D eigenvalue weighted by atomic mass is 9.53. The van der Waals surface area contributed by atoms with Crippen molar-refractivity contribution in [1.29, 1.82) is 0 Å². The first-order valence-electron chi connectivity index (χ1n) is 7.48. The van der Waals surface area contributed by atoms with Crippen LogP contribution < -0.4 is 11.3 Å². The molecule has 0 aliphatic heterocycles. The van der Waals surface area contributed by atoms with Gasteiger partial charge >= 0.3 is 0 Å². The van der Waals surface area contributed by atoms with E-state index in [9.17, 15) is 4.79 Å². The molecule has 4 saturated carbocycles. The van der Waals surface area contributed by atoms with Crippen LogP contribution in [0.3, 0.4) is 0 Å². The monoisotopic (exact) mass is 259 g/mol. The van der Waals surface area contributed by atoms with Gasteiger partial charge in [-0.15, -0.1) is 0 Å². The summed E-state index contributed by atoms with van der Waals surface area (Å²) in [6, 6.07) is 3.41. The van der Waals surface area contributed by atoms with Crippen molar-refractivity contribution in [2.24, 2.45) is 23.5 Å². The molecule has 102 valence electrons. The van der Waals surface area contributed by atoms with Crippen molar-refractivity contribution in [2.75, 3.05) is 0 Å². The van der Waals surface area contributed by atoms with E-state index in [2.05, 4.69) is 5.10 Å². The number of aromatic nitrogens is 2. The van der Waals surface area contributed by atoms with E-state index in [1.165, 1.54) is 19.3 Å². The predicted molar refractivity (Wildman–Crippen MR) is 72.5 cm³/mol. The summed E-state index contributed by atoms with van der Waals surface area (Å²) in [6.45, 7) is 0.409. The van der Waals surface area contributed by atoms with Crippen molar-refractivity contribution in [3.8, 4) is 0 Å². The van der Waals surface area contributed by atoms with Gasteiger partial charge in [-0.05, 0) is 62.3 Å². The summed E-state index contributed by atoms with van der Waals surface area (Å²) >= 11 is 0. The maximum Gasteiger partial charge on any atom is 0.267 e. The molecule has 0 spiro atoms. The highest BCUT2D eigenvalue weighted by molar-refractivity contribution is 5.08. The molecule has 5 rings (SSSR count). The zero-order valence-electron chi connectivity index (χ0n) is 11.2. The van der Waals surface area contributed by atoms with Crippen LogP contribution in [0.4, 0.5) is 0 Å². The number of hydrogen-bond donors (Lipinski definition) is 1. The molecule has 0 saturated heterocycles. The summed E-state index contributed by atoms with van der Waals surface area (Å²) in [4.78, 5) is 12.3. The zero-order chi connectivity index (χ0) is 13.0. The minimum atomic E-state index is 0.0109. The second-order valence-corrected chi connectivity index (χ2v) is 6.92. The van der Waals surface area contributed by atoms with Crippen molar-refractivity contribution < 1.29 is 0 Å². The van der Waals surface area contributed by atoms with Crippen LogP contribution in [-0.4, -0.2) is 9.78 Å². The van der Waals surface area contributed by atoms with Gasteiger partial charge in [0, 0.05) is 12.6 Å². The van der Waals surface area contributed by atoms with Crippen LogP contribution in [0.1, 0.15) is 44.2 Å². The smallest absolute Gasteiger partial charge is 0.267 e. The van der Waals surface area contributed by atoms with Crippen LogP contribution in [0.2, 0.25) is 0 Å². The fourth-order valence-corrected chi connectivity index (χ4v) is 5.22. The topological polar surface area (TPSA) is 60.9 Å². The second kappa shape index (κ2) is 3.92. The third-order valence-electron chi connectivity index (χ3n) is 5.52. The van der Waals surface area contributed by atoms with Crippen molar-refractivity contribution in [1.82, 2.24) is 9.78 Å². The molecule has 1 aromatic heterocycles. The summed E-state index contributed by atoms with van der Waals surface area (Å²) in [5.41, 5.74) is 6.58. The molecule has 0 atom stereocenters. The van der Waals surface area contributed by atoms with E-state index in [-0.39, 0.29) is 11.1 Å². The van der Waals surface area contributed by atoms with Crippen molar-refractivity contribution in [3.05, 3.63) is 28.2 Å². The highest BCUT2D eigenvalue weighted by Crippen LogP contribution is 2.58. The van der Waals surface area contributed by atoms with E-state index in [1.807, 2.05) is 0 Å². The van der Waals surface area contributed by atoms with Crippen LogP contribution >= 0.6 is 0 Å². The molecule has 4 bridgehead atoms. The van der Waals surface area contributed by atoms with Gasteiger partial charge in [0.25, 0.3) is 5.56 Å². The Morgan fingerprint density at radius 3 is 2.26 bits per heavy atom. The van der Waals surface area contributed by atoms with E-state index in [4.69, 9.17) is 5.73 Å². The molecule has 0 radical (unpaired) electrons. The first kappa shape index (κ1) is 11.6. The van der Waals surface area contributed by atoms with E-state index >= 15 is 0 Å². The largest absolute Gasteiger partial charge is 0.325 e. The Hall–Kier alpha value is -1.16. The maximum absolute atomic E-state index is 12.3. The molecule has 1 heterocycles. The van der Waals surface area contributed by atoms with Crippen molar-refractivity contribution >= 4 is 0 Å². The SMILES string of the molecule is NCc1ccc(=O)n(C23CC4CC(CC(C4)C2)C3)n1. The van der Waals surface area contributed by atoms with Gasteiger partial charge < -0.3 is 5.73 Å². The van der Waals surface area contributed by atoms with E-state index < -0.39 is 0 Å². The average Bonchev–Trinajstić information content (AvgIpc) is 2.37. The van der Waals surface area contributed by atoms with E-state index in [1.54, 1.807) is 16.8 Å². The fourth-order valence-electron chi connectivity index (χ4n) is 5.22. The van der Waals surface area contributed by atoms with Crippen LogP contribution in [-0.2, 0) is 12.1 Å². The molecule has 4 heteroatoms. The maximum atomic E-state index is 12.3. The number of nitrogens with zero attached hydrogens (tertiary/aromatic N) is 2. The number of rotatable bonds is 2. The van der Waals surface area contributed by atoms with Crippen LogP contribution in [0.5, 0.6) is 0 Å². The number of hydrogen-bond acceptors (Lipinski definition) is 3. The molecule has 0 unspecified atom stereocenters. The predicted octanol–water partition coefficient (Wildman–Crippen LogP) is 1.63. The van der Waals surface area contributed by atoms with E-state index in [0.29, 0.717) is 6.54 Å². The quantitative estimate of drug-likeness (QED) is 0.878. The fraction of sp³-hybridized carbons (Fsp3) is 0.733. The Labute approximate surface area is 113 Å². The summed E-state index contributed by atoms with van der Waals surface area (Å²) in [7, 11) is 0. The third-order valence-corrected chi connectivity index (χ3v) is 5.52. The molecule has 1 aromatic rings. The van der Waals surface area contributed by atoms with Gasteiger partial charge in [-0.3, -0.25) is 4.79 Å². The third kappa shape index (κ3) is 1.69. The number of nitrogens with two attached hydrogens (primary N) is 1. The van der Waals surface area contributed by atoms with Crippen molar-refractivity contribution in [2.45, 2.75) is 50.6 Å². The first-order chi connectivity index (χ1) is 9.18. The molecule has 2 N–H and O–H groups in total. The highest BCUT2D eigenvalue weighted by Gasteiger charge is 2.52. The van der Waals surface area contributed by atoms with Gasteiger partial charge in [-0.1, -0.05) is 0 Å². The Morgan fingerprint density at radius 2 is 1.74 bits per heavy atom. The lowest BCUT2D eigenvalue weighted by Gasteiger charge is -2.56. The van der Waals surface area contributed by atoms with Gasteiger partial charge in [0.1, 0.15) is 0 Å². The van der Waals surface area contributed by atoms with Crippen LogP contribution in [0.25, 0.3) is 0 Å². The lowest BCUT2D eigenvalue weighted by Crippen LogP contribution is -2.55. The highest BCUT2D eigenvalue weighted by atomic mass is 16.1. The first-order valence-corrected chi connectivity index (χ1v) is 7.48. The summed E-state index contributed by atoms with van der Waals surface area (Å²) in [6.07, 6.45) is 7.60. The Morgan fingerprint density at radius 1 is 1.16 bits per heavy atom. The zero-order valence-corrected chi connectivity index (χ0v) is 11.2. The van der Waals surface area contributed by atoms with Gasteiger partial charge in [0.05, 0.1) is 11.2 Å². The molecule has 4 nitrogen and oxygen atoms in total. The summed E-state index contributed by atoms with van der Waals surface area (Å²) in [5.74, 6) is 2.46. The van der Waals surface area contributed by atoms with Gasteiger partial charge in [-0.25, -0.2) is 4.68 Å². The van der Waals surface area contributed by atoms with Crippen molar-refractivity contribution in [3.63, 3.8) is 0 Å². The molecule has 4 aliphatic carbocycles. The molecular weight excluding hydrogens is 238 g/mol. The standard InChI is InChI=1S/C15H21N3O/c16-9-13-1-2-14(19)18(17-13)15-6-10-3-11(7-15)5-12(4-10)8-15/h1-2,10-12H,3-9,16H2. The van der Waals surface area contributed by atoms with Crippen LogP contribution in [0.15, 0.2) is 16.9 Å². The van der Waals surface area contributed by atoms with Gasteiger partial charge in [0.2, 0.25) is 0 Å². The Balaban J connectivity index is 1.81. The molecule has 0 amide bonds. The lowest BCUT2D eigenvalue weighted by molar-refractivity contribution is -0.0521. The minimum Gasteiger partial charge on any atom is -0.325 e. The molecule has 4 fully saturated rings.